The molecule has 140 valence electrons. The Labute approximate surface area is 150 Å². The minimum atomic E-state index is -3.18. The molecule has 1 amide bonds. The van der Waals surface area contributed by atoms with E-state index in [-0.39, 0.29) is 11.9 Å². The molecule has 1 saturated heterocycles. The zero-order valence-corrected chi connectivity index (χ0v) is 16.1. The number of nitrogens with zero attached hydrogens (tertiary/aromatic N) is 1. The van der Waals surface area contributed by atoms with Crippen LogP contribution >= 0.6 is 0 Å². The van der Waals surface area contributed by atoms with Gasteiger partial charge in [0.25, 0.3) is 0 Å². The summed E-state index contributed by atoms with van der Waals surface area (Å²) in [7, 11) is -3.18. The molecule has 0 atom stereocenters. The van der Waals surface area contributed by atoms with Gasteiger partial charge in [-0.2, -0.15) is 0 Å². The van der Waals surface area contributed by atoms with E-state index in [9.17, 15) is 13.2 Å². The second-order valence-corrected chi connectivity index (χ2v) is 8.50. The lowest BCUT2D eigenvalue weighted by Crippen LogP contribution is -2.46. The van der Waals surface area contributed by atoms with Gasteiger partial charge in [0.05, 0.1) is 12.9 Å². The molecule has 1 aliphatic rings. The maximum Gasteiger partial charge on any atom is 0.222 e. The third kappa shape index (κ3) is 6.32. The van der Waals surface area contributed by atoms with Gasteiger partial charge in [-0.1, -0.05) is 18.2 Å². The van der Waals surface area contributed by atoms with Crippen molar-refractivity contribution in [1.29, 1.82) is 0 Å². The number of hydrogen-bond donors (Lipinski definition) is 1. The largest absolute Gasteiger partial charge is 0.493 e. The summed E-state index contributed by atoms with van der Waals surface area (Å²) in [5, 5.41) is 0. The first-order chi connectivity index (χ1) is 11.8. The van der Waals surface area contributed by atoms with Crippen molar-refractivity contribution in [2.45, 2.75) is 45.6 Å². The summed E-state index contributed by atoms with van der Waals surface area (Å²) in [6.07, 6.45) is 3.62. The Kier molecular flexibility index (Phi) is 6.84. The molecule has 1 aliphatic heterocycles. The Balaban J connectivity index is 1.69. The number of carbonyl (C=O) groups excluding carboxylic acids is 1. The zero-order valence-electron chi connectivity index (χ0n) is 15.2. The zero-order chi connectivity index (χ0) is 18.4. The molecule has 0 aromatic heterocycles. The van der Waals surface area contributed by atoms with E-state index in [2.05, 4.69) is 4.72 Å². The van der Waals surface area contributed by atoms with Crippen molar-refractivity contribution in [2.75, 3.05) is 26.0 Å². The van der Waals surface area contributed by atoms with Gasteiger partial charge in [0.2, 0.25) is 15.9 Å². The lowest BCUT2D eigenvalue weighted by molar-refractivity contribution is -0.132. The fourth-order valence-corrected chi connectivity index (χ4v) is 3.97. The molecule has 1 N–H and O–H groups in total. The van der Waals surface area contributed by atoms with E-state index in [4.69, 9.17) is 4.74 Å². The third-order valence-electron chi connectivity index (χ3n) is 4.42. The van der Waals surface area contributed by atoms with Crippen LogP contribution in [0, 0.1) is 13.8 Å². The number of sulfonamides is 1. The van der Waals surface area contributed by atoms with Crippen LogP contribution in [0.3, 0.4) is 0 Å². The predicted molar refractivity (Wildman–Crippen MR) is 98.2 cm³/mol. The van der Waals surface area contributed by atoms with Gasteiger partial charge in [0, 0.05) is 25.6 Å². The summed E-state index contributed by atoms with van der Waals surface area (Å²) < 4.78 is 30.9. The Morgan fingerprint density at radius 2 is 1.84 bits per heavy atom. The van der Waals surface area contributed by atoms with E-state index in [1.54, 1.807) is 0 Å². The van der Waals surface area contributed by atoms with Gasteiger partial charge in [-0.25, -0.2) is 13.1 Å². The first-order valence-corrected chi connectivity index (χ1v) is 10.6. The fraction of sp³-hybridized carbons (Fsp3) is 0.611. The van der Waals surface area contributed by atoms with Crippen molar-refractivity contribution in [1.82, 2.24) is 9.62 Å². The number of amides is 1. The molecule has 2 rings (SSSR count). The average Bonchev–Trinajstić information content (AvgIpc) is 2.52. The predicted octanol–water partition coefficient (Wildman–Crippen LogP) is 2.00. The second-order valence-electron chi connectivity index (χ2n) is 6.72. The van der Waals surface area contributed by atoms with Crippen LogP contribution in [0.15, 0.2) is 18.2 Å². The highest BCUT2D eigenvalue weighted by Crippen LogP contribution is 2.22. The van der Waals surface area contributed by atoms with Gasteiger partial charge in [-0.15, -0.1) is 0 Å². The van der Waals surface area contributed by atoms with E-state index < -0.39 is 10.0 Å². The Bertz CT molecular complexity index is 675. The monoisotopic (exact) mass is 368 g/mol. The topological polar surface area (TPSA) is 75.7 Å². The summed E-state index contributed by atoms with van der Waals surface area (Å²) in [4.78, 5) is 14.1. The summed E-state index contributed by atoms with van der Waals surface area (Å²) in [6, 6.07) is 5.97. The smallest absolute Gasteiger partial charge is 0.222 e. The normalized spacial score (nSPS) is 16.0. The van der Waals surface area contributed by atoms with Gasteiger partial charge in [0.1, 0.15) is 5.75 Å². The maximum atomic E-state index is 12.3. The number of carbonyl (C=O) groups is 1. The highest BCUT2D eigenvalue weighted by atomic mass is 32.2. The van der Waals surface area contributed by atoms with Crippen molar-refractivity contribution >= 4 is 15.9 Å². The molecule has 6 nitrogen and oxygen atoms in total. The van der Waals surface area contributed by atoms with Gasteiger partial charge < -0.3 is 9.64 Å². The molecule has 0 radical (unpaired) electrons. The summed E-state index contributed by atoms with van der Waals surface area (Å²) in [5.74, 6) is 1.02. The summed E-state index contributed by atoms with van der Waals surface area (Å²) >= 11 is 0. The van der Waals surface area contributed by atoms with Crippen LogP contribution in [0.1, 0.15) is 36.8 Å². The van der Waals surface area contributed by atoms with Crippen molar-refractivity contribution in [2.24, 2.45) is 0 Å². The minimum absolute atomic E-state index is 0.0635. The Hall–Kier alpha value is -1.60. The highest BCUT2D eigenvalue weighted by molar-refractivity contribution is 7.88. The van der Waals surface area contributed by atoms with Crippen LogP contribution < -0.4 is 9.46 Å². The van der Waals surface area contributed by atoms with Gasteiger partial charge >= 0.3 is 0 Å². The lowest BCUT2D eigenvalue weighted by atomic mass is 10.1. The van der Waals surface area contributed by atoms with E-state index in [1.165, 1.54) is 6.26 Å². The van der Waals surface area contributed by atoms with Crippen molar-refractivity contribution in [3.63, 3.8) is 0 Å². The molecule has 1 fully saturated rings. The van der Waals surface area contributed by atoms with Crippen molar-refractivity contribution in [3.8, 4) is 5.75 Å². The SMILES string of the molecule is Cc1cccc(C)c1OCCCC(=O)N1CCC(NS(C)(=O)=O)CC1. The maximum absolute atomic E-state index is 12.3. The fourth-order valence-electron chi connectivity index (χ4n) is 3.13. The molecular formula is C18H28N2O4S. The Morgan fingerprint density at radius 1 is 1.24 bits per heavy atom. The second kappa shape index (κ2) is 8.67. The van der Waals surface area contributed by atoms with Crippen LogP contribution in [-0.2, 0) is 14.8 Å². The molecule has 0 saturated carbocycles. The number of piperidine rings is 1. The molecule has 0 spiro atoms. The standard InChI is InChI=1S/C18H28N2O4S/c1-14-6-4-7-15(2)18(14)24-13-5-8-17(21)20-11-9-16(10-12-20)19-25(3,22)23/h4,6-7,16,19H,5,8-13H2,1-3H3. The van der Waals surface area contributed by atoms with E-state index in [0.717, 1.165) is 16.9 Å². The number of benzene rings is 1. The number of likely N-dealkylation sites (tertiary alicyclic amines) is 1. The molecule has 0 unspecified atom stereocenters. The minimum Gasteiger partial charge on any atom is -0.493 e. The van der Waals surface area contributed by atoms with Crippen molar-refractivity contribution in [3.05, 3.63) is 29.3 Å². The highest BCUT2D eigenvalue weighted by Gasteiger charge is 2.24. The van der Waals surface area contributed by atoms with Crippen LogP contribution in [0.5, 0.6) is 5.75 Å². The third-order valence-corrected chi connectivity index (χ3v) is 5.18. The number of rotatable bonds is 7. The van der Waals surface area contributed by atoms with Crippen molar-refractivity contribution < 1.29 is 17.9 Å². The summed E-state index contributed by atoms with van der Waals surface area (Å²) in [5.41, 5.74) is 2.21. The number of nitrogens with one attached hydrogen (secondary N) is 1. The molecule has 1 aromatic rings. The number of ether oxygens (including phenoxy) is 1. The molecule has 1 aromatic carbocycles. The number of hydrogen-bond acceptors (Lipinski definition) is 4. The van der Waals surface area contributed by atoms with Crippen LogP contribution in [0.25, 0.3) is 0 Å². The quantitative estimate of drug-likeness (QED) is 0.747. The van der Waals surface area contributed by atoms with Gasteiger partial charge in [-0.05, 0) is 44.2 Å². The number of aryl methyl sites for hydroxylation is 2. The number of para-hydroxylation sites is 1. The van der Waals surface area contributed by atoms with Crippen LogP contribution in [-0.4, -0.2) is 51.2 Å². The van der Waals surface area contributed by atoms with E-state index in [0.29, 0.717) is 45.4 Å². The molecule has 0 aliphatic carbocycles. The molecule has 1 heterocycles. The van der Waals surface area contributed by atoms with Crippen LogP contribution in [0.4, 0.5) is 0 Å². The van der Waals surface area contributed by atoms with E-state index in [1.807, 2.05) is 36.9 Å². The summed E-state index contributed by atoms with van der Waals surface area (Å²) in [6.45, 7) is 5.75. The molecule has 7 heteroatoms. The molecule has 25 heavy (non-hydrogen) atoms. The molecule has 0 bridgehead atoms. The van der Waals surface area contributed by atoms with E-state index >= 15 is 0 Å². The first-order valence-electron chi connectivity index (χ1n) is 8.70. The first kappa shape index (κ1) is 19.7. The lowest BCUT2D eigenvalue weighted by Gasteiger charge is -2.32. The van der Waals surface area contributed by atoms with Gasteiger partial charge in [0.15, 0.2) is 0 Å². The van der Waals surface area contributed by atoms with Crippen LogP contribution in [0.2, 0.25) is 0 Å². The molecular weight excluding hydrogens is 340 g/mol. The Morgan fingerprint density at radius 3 is 2.40 bits per heavy atom. The average molecular weight is 368 g/mol. The van der Waals surface area contributed by atoms with Gasteiger partial charge in [-0.3, -0.25) is 4.79 Å².